The molecule has 1 aliphatic rings. The Hall–Kier alpha value is -0.840. The molecule has 2 atom stereocenters. The first-order valence-electron chi connectivity index (χ1n) is 7.47. The summed E-state index contributed by atoms with van der Waals surface area (Å²) in [6.45, 7) is 3.98. The summed E-state index contributed by atoms with van der Waals surface area (Å²) in [6, 6.07) is 11.0. The molecule has 112 valence electrons. The van der Waals surface area contributed by atoms with Crippen molar-refractivity contribution >= 4 is 27.3 Å². The molecule has 0 saturated heterocycles. The molecule has 2 aromatic rings. The van der Waals surface area contributed by atoms with Gasteiger partial charge in [0, 0.05) is 15.4 Å². The number of ether oxygens (including phenoxy) is 1. The molecule has 0 saturated carbocycles. The Labute approximate surface area is 138 Å². The number of nitrogens with one attached hydrogen (secondary N) is 1. The highest BCUT2D eigenvalue weighted by atomic mass is 79.9. The molecule has 21 heavy (non-hydrogen) atoms. The van der Waals surface area contributed by atoms with E-state index in [-0.39, 0.29) is 0 Å². The average Bonchev–Trinajstić information content (AvgIpc) is 2.93. The Kier molecular flexibility index (Phi) is 4.99. The molecule has 1 aromatic carbocycles. The summed E-state index contributed by atoms with van der Waals surface area (Å²) in [7, 11) is 0. The second-order valence-electron chi connectivity index (χ2n) is 5.35. The maximum Gasteiger partial charge on any atom is 0.122 e. The van der Waals surface area contributed by atoms with Gasteiger partial charge in [0.2, 0.25) is 0 Å². The molecule has 0 aliphatic carbocycles. The largest absolute Gasteiger partial charge is 0.493 e. The van der Waals surface area contributed by atoms with Gasteiger partial charge in [0.25, 0.3) is 0 Å². The van der Waals surface area contributed by atoms with Crippen LogP contribution in [0, 0.1) is 0 Å². The van der Waals surface area contributed by atoms with Crippen molar-refractivity contribution in [2.45, 2.75) is 31.7 Å². The fourth-order valence-electron chi connectivity index (χ4n) is 3.03. The molecule has 1 aromatic heterocycles. The van der Waals surface area contributed by atoms with Crippen molar-refractivity contribution in [1.82, 2.24) is 5.32 Å². The smallest absolute Gasteiger partial charge is 0.122 e. The van der Waals surface area contributed by atoms with Crippen LogP contribution in [0.5, 0.6) is 5.75 Å². The third-order valence-electron chi connectivity index (χ3n) is 4.01. The van der Waals surface area contributed by atoms with Gasteiger partial charge in [-0.2, -0.15) is 0 Å². The van der Waals surface area contributed by atoms with Crippen molar-refractivity contribution in [2.75, 3.05) is 13.2 Å². The average molecular weight is 366 g/mol. The predicted molar refractivity (Wildman–Crippen MR) is 92.3 cm³/mol. The van der Waals surface area contributed by atoms with Gasteiger partial charge in [0.15, 0.2) is 0 Å². The van der Waals surface area contributed by atoms with Gasteiger partial charge in [0.05, 0.1) is 6.61 Å². The van der Waals surface area contributed by atoms with Crippen molar-refractivity contribution in [1.29, 1.82) is 0 Å². The van der Waals surface area contributed by atoms with Crippen molar-refractivity contribution < 1.29 is 4.74 Å². The van der Waals surface area contributed by atoms with Crippen molar-refractivity contribution in [2.24, 2.45) is 0 Å². The Morgan fingerprint density at radius 1 is 1.38 bits per heavy atom. The van der Waals surface area contributed by atoms with E-state index >= 15 is 0 Å². The van der Waals surface area contributed by atoms with Crippen molar-refractivity contribution in [3.8, 4) is 5.75 Å². The summed E-state index contributed by atoms with van der Waals surface area (Å²) in [4.78, 5) is 1.40. The fourth-order valence-corrected chi connectivity index (χ4v) is 4.77. The molecule has 0 amide bonds. The predicted octanol–water partition coefficient (Wildman–Crippen LogP) is 5.12. The van der Waals surface area contributed by atoms with E-state index in [4.69, 9.17) is 4.74 Å². The van der Waals surface area contributed by atoms with Crippen LogP contribution in [0.2, 0.25) is 0 Å². The highest BCUT2D eigenvalue weighted by Gasteiger charge is 2.26. The van der Waals surface area contributed by atoms with Crippen LogP contribution in [0.15, 0.2) is 40.2 Å². The molecule has 0 radical (unpaired) electrons. The number of benzene rings is 1. The van der Waals surface area contributed by atoms with E-state index in [1.807, 2.05) is 11.3 Å². The zero-order valence-corrected chi connectivity index (χ0v) is 14.5. The van der Waals surface area contributed by atoms with E-state index in [0.717, 1.165) is 31.7 Å². The van der Waals surface area contributed by atoms with E-state index in [0.29, 0.717) is 12.0 Å². The number of para-hydroxylation sites is 1. The lowest BCUT2D eigenvalue weighted by molar-refractivity contribution is 0.256. The third kappa shape index (κ3) is 3.33. The Morgan fingerprint density at radius 2 is 2.24 bits per heavy atom. The number of hydrogen-bond acceptors (Lipinski definition) is 3. The normalized spacial score (nSPS) is 18.9. The maximum atomic E-state index is 5.78. The van der Waals surface area contributed by atoms with Gasteiger partial charge < -0.3 is 10.1 Å². The zero-order chi connectivity index (χ0) is 14.7. The second-order valence-corrected chi connectivity index (χ2v) is 7.15. The summed E-state index contributed by atoms with van der Waals surface area (Å²) >= 11 is 5.51. The van der Waals surface area contributed by atoms with Crippen LogP contribution < -0.4 is 10.1 Å². The van der Waals surface area contributed by atoms with Gasteiger partial charge >= 0.3 is 0 Å². The van der Waals surface area contributed by atoms with Gasteiger partial charge in [-0.3, -0.25) is 0 Å². The molecule has 4 heteroatoms. The second kappa shape index (κ2) is 6.95. The molecule has 0 fully saturated rings. The number of fused-ring (bicyclic) bond motifs is 1. The first-order valence-corrected chi connectivity index (χ1v) is 9.15. The molecule has 2 nitrogen and oxygen atoms in total. The van der Waals surface area contributed by atoms with Crippen LogP contribution in [0.4, 0.5) is 0 Å². The summed E-state index contributed by atoms with van der Waals surface area (Å²) in [5.41, 5.74) is 1.36. The van der Waals surface area contributed by atoms with Crippen LogP contribution in [0.25, 0.3) is 0 Å². The molecule has 0 bridgehead atoms. The molecular formula is C17H20BrNOS. The summed E-state index contributed by atoms with van der Waals surface area (Å²) in [5.74, 6) is 1.63. The SMILES string of the molecule is CCNC(CC1CCOc2ccccc21)c1sccc1Br. The Morgan fingerprint density at radius 3 is 3.00 bits per heavy atom. The van der Waals surface area contributed by atoms with Gasteiger partial charge in [-0.15, -0.1) is 11.3 Å². The Bertz CT molecular complexity index is 598. The number of rotatable bonds is 5. The maximum absolute atomic E-state index is 5.78. The van der Waals surface area contributed by atoms with Crippen LogP contribution >= 0.6 is 27.3 Å². The minimum absolute atomic E-state index is 0.403. The molecule has 1 aliphatic heterocycles. The van der Waals surface area contributed by atoms with Gasteiger partial charge in [-0.25, -0.2) is 0 Å². The van der Waals surface area contributed by atoms with Crippen molar-refractivity contribution in [3.63, 3.8) is 0 Å². The van der Waals surface area contributed by atoms with E-state index < -0.39 is 0 Å². The lowest BCUT2D eigenvalue weighted by Gasteiger charge is -2.29. The number of halogens is 1. The minimum atomic E-state index is 0.403. The van der Waals surface area contributed by atoms with Crippen LogP contribution in [0.1, 0.15) is 42.2 Å². The first kappa shape index (κ1) is 15.1. The standard InChI is InChI=1S/C17H20BrNOS/c1-2-19-15(17-14(18)8-10-21-17)11-12-7-9-20-16-6-4-3-5-13(12)16/h3-6,8,10,12,15,19H,2,7,9,11H2,1H3. The van der Waals surface area contributed by atoms with Crippen molar-refractivity contribution in [3.05, 3.63) is 50.6 Å². The van der Waals surface area contributed by atoms with Crippen LogP contribution in [-0.4, -0.2) is 13.2 Å². The number of thiophene rings is 1. The Balaban J connectivity index is 1.83. The van der Waals surface area contributed by atoms with E-state index in [1.165, 1.54) is 14.9 Å². The van der Waals surface area contributed by atoms with E-state index in [2.05, 4.69) is 63.9 Å². The number of hydrogen-bond donors (Lipinski definition) is 1. The lowest BCUT2D eigenvalue weighted by atomic mass is 9.87. The van der Waals surface area contributed by atoms with E-state index in [9.17, 15) is 0 Å². The highest BCUT2D eigenvalue weighted by molar-refractivity contribution is 9.10. The fraction of sp³-hybridized carbons (Fsp3) is 0.412. The summed E-state index contributed by atoms with van der Waals surface area (Å²) < 4.78 is 7.00. The quantitative estimate of drug-likeness (QED) is 0.793. The first-order chi connectivity index (χ1) is 10.3. The van der Waals surface area contributed by atoms with Gasteiger partial charge in [-0.1, -0.05) is 25.1 Å². The van der Waals surface area contributed by atoms with E-state index in [1.54, 1.807) is 0 Å². The van der Waals surface area contributed by atoms with Gasteiger partial charge in [0.1, 0.15) is 5.75 Å². The summed E-state index contributed by atoms with van der Waals surface area (Å²) in [5, 5.41) is 5.80. The molecule has 0 spiro atoms. The monoisotopic (exact) mass is 365 g/mol. The molecular weight excluding hydrogens is 346 g/mol. The highest BCUT2D eigenvalue weighted by Crippen LogP contribution is 2.41. The lowest BCUT2D eigenvalue weighted by Crippen LogP contribution is -2.24. The van der Waals surface area contributed by atoms with Gasteiger partial charge in [-0.05, 0) is 64.3 Å². The topological polar surface area (TPSA) is 21.3 Å². The molecule has 2 heterocycles. The minimum Gasteiger partial charge on any atom is -0.493 e. The zero-order valence-electron chi connectivity index (χ0n) is 12.1. The molecule has 3 rings (SSSR count). The van der Waals surface area contributed by atoms with Crippen LogP contribution in [0.3, 0.4) is 0 Å². The molecule has 2 unspecified atom stereocenters. The van der Waals surface area contributed by atoms with Crippen LogP contribution in [-0.2, 0) is 0 Å². The molecule has 1 N–H and O–H groups in total. The third-order valence-corrected chi connectivity index (χ3v) is 6.00. The summed E-state index contributed by atoms with van der Waals surface area (Å²) in [6.07, 6.45) is 2.22.